The van der Waals surface area contributed by atoms with Crippen molar-refractivity contribution >= 4 is 43.9 Å². The lowest BCUT2D eigenvalue weighted by atomic mass is 9.81. The quantitative estimate of drug-likeness (QED) is 0.224. The van der Waals surface area contributed by atoms with Gasteiger partial charge in [-0.15, -0.1) is 0 Å². The van der Waals surface area contributed by atoms with Crippen molar-refractivity contribution in [2.45, 2.75) is 19.3 Å². The molecule has 0 unspecified atom stereocenters. The average Bonchev–Trinajstić information content (AvgIpc) is 3.63. The normalized spacial score (nSPS) is 13.8. The zero-order valence-electron chi connectivity index (χ0n) is 22.8. The minimum Gasteiger partial charge on any atom is -0.455 e. The molecule has 1 aliphatic carbocycles. The van der Waals surface area contributed by atoms with Crippen LogP contribution in [0.4, 0.5) is 0 Å². The minimum atomic E-state index is -0.131. The van der Waals surface area contributed by atoms with Crippen molar-refractivity contribution in [3.63, 3.8) is 0 Å². The molecule has 3 heteroatoms. The van der Waals surface area contributed by atoms with Crippen molar-refractivity contribution in [1.29, 1.82) is 0 Å². The van der Waals surface area contributed by atoms with Crippen LogP contribution in [0.15, 0.2) is 126 Å². The van der Waals surface area contributed by atoms with Gasteiger partial charge in [0, 0.05) is 39.0 Å². The summed E-state index contributed by atoms with van der Waals surface area (Å²) in [5.74, 6) is 0. The Labute approximate surface area is 237 Å². The van der Waals surface area contributed by atoms with Crippen LogP contribution in [0, 0.1) is 0 Å². The Morgan fingerprint density at radius 1 is 0.634 bits per heavy atom. The smallest absolute Gasteiger partial charge is 0.143 e. The number of nitrogens with zero attached hydrogens (tertiary/aromatic N) is 2. The summed E-state index contributed by atoms with van der Waals surface area (Å²) < 4.78 is 8.76. The average molecular weight is 527 g/mol. The highest BCUT2D eigenvalue weighted by Gasteiger charge is 2.38. The van der Waals surface area contributed by atoms with Gasteiger partial charge >= 0.3 is 0 Å². The molecule has 0 aliphatic heterocycles. The van der Waals surface area contributed by atoms with Gasteiger partial charge in [0.05, 0.1) is 16.6 Å². The van der Waals surface area contributed by atoms with Crippen LogP contribution < -0.4 is 0 Å². The van der Waals surface area contributed by atoms with Gasteiger partial charge in [-0.1, -0.05) is 92.7 Å². The van der Waals surface area contributed by atoms with Crippen LogP contribution in [0.1, 0.15) is 25.0 Å². The van der Waals surface area contributed by atoms with Crippen molar-refractivity contribution in [2.75, 3.05) is 0 Å². The van der Waals surface area contributed by atoms with Crippen LogP contribution in [0.2, 0.25) is 0 Å². The van der Waals surface area contributed by atoms with E-state index in [4.69, 9.17) is 9.40 Å². The number of furan rings is 1. The number of fused-ring (bicyclic) bond motifs is 10. The molecule has 9 rings (SSSR count). The van der Waals surface area contributed by atoms with Gasteiger partial charge in [0.15, 0.2) is 0 Å². The van der Waals surface area contributed by atoms with Crippen LogP contribution in [0.3, 0.4) is 0 Å². The molecule has 0 fully saturated rings. The van der Waals surface area contributed by atoms with E-state index in [9.17, 15) is 0 Å². The summed E-state index contributed by atoms with van der Waals surface area (Å²) in [5, 5.41) is 3.49. The first-order valence-electron chi connectivity index (χ1n) is 14.1. The van der Waals surface area contributed by atoms with Gasteiger partial charge in [-0.05, 0) is 64.2 Å². The maximum atomic E-state index is 6.35. The first-order chi connectivity index (χ1) is 20.1. The molecule has 8 aromatic rings. The SMILES string of the molecule is CC1(C)c2ccccc2-c2ccc3c4ncccc4n(-c4ccc(-c5cccc6c5oc5ccccc56)cc4)c3c21. The zero-order chi connectivity index (χ0) is 27.3. The molecule has 3 heterocycles. The van der Waals surface area contributed by atoms with Crippen LogP contribution in [0.25, 0.3) is 71.8 Å². The Hall–Kier alpha value is -5.15. The van der Waals surface area contributed by atoms with Crippen molar-refractivity contribution in [3.8, 4) is 27.9 Å². The van der Waals surface area contributed by atoms with Crippen LogP contribution >= 0.6 is 0 Å². The van der Waals surface area contributed by atoms with E-state index in [-0.39, 0.29) is 5.41 Å². The van der Waals surface area contributed by atoms with E-state index in [1.54, 1.807) is 0 Å². The monoisotopic (exact) mass is 526 g/mol. The molecule has 0 saturated carbocycles. The van der Waals surface area contributed by atoms with Gasteiger partial charge in [-0.25, -0.2) is 0 Å². The third-order valence-electron chi connectivity index (χ3n) is 9.04. The van der Waals surface area contributed by atoms with Crippen molar-refractivity contribution in [3.05, 3.63) is 133 Å². The van der Waals surface area contributed by atoms with Crippen molar-refractivity contribution < 1.29 is 4.42 Å². The van der Waals surface area contributed by atoms with Crippen LogP contribution in [-0.2, 0) is 5.41 Å². The molecule has 3 nitrogen and oxygen atoms in total. The number of aromatic nitrogens is 2. The largest absolute Gasteiger partial charge is 0.455 e. The molecule has 194 valence electrons. The summed E-state index contributed by atoms with van der Waals surface area (Å²) in [6.45, 7) is 4.70. The Bertz CT molecular complexity index is 2330. The molecule has 0 atom stereocenters. The second-order valence-electron chi connectivity index (χ2n) is 11.6. The minimum absolute atomic E-state index is 0.131. The molecule has 0 amide bonds. The van der Waals surface area contributed by atoms with Crippen LogP contribution in [-0.4, -0.2) is 9.55 Å². The first kappa shape index (κ1) is 22.6. The standard InChI is InChI=1S/C38H26N2O/c1-38(2)31-13-5-3-9-26(31)28-20-21-30-35-32(14-8-22-39-35)40(36(30)34(28)38)24-18-16-23(17-19-24)25-11-7-12-29-27-10-4-6-15-33(27)41-37(25)29/h3-22H,1-2H3. The van der Waals surface area contributed by atoms with E-state index in [2.05, 4.69) is 115 Å². The summed E-state index contributed by atoms with van der Waals surface area (Å²) in [6.07, 6.45) is 1.90. The second-order valence-corrected chi connectivity index (χ2v) is 11.6. The van der Waals surface area contributed by atoms with E-state index in [1.807, 2.05) is 24.4 Å². The maximum Gasteiger partial charge on any atom is 0.143 e. The molecule has 0 N–H and O–H groups in total. The summed E-state index contributed by atoms with van der Waals surface area (Å²) in [7, 11) is 0. The first-order valence-corrected chi connectivity index (χ1v) is 14.1. The predicted octanol–water partition coefficient (Wildman–Crippen LogP) is 10.1. The molecular formula is C38H26N2O. The van der Waals surface area contributed by atoms with Gasteiger partial charge in [0.1, 0.15) is 11.2 Å². The second kappa shape index (κ2) is 7.96. The molecule has 0 saturated heterocycles. The van der Waals surface area contributed by atoms with E-state index in [1.165, 1.54) is 33.2 Å². The number of hydrogen-bond acceptors (Lipinski definition) is 2. The van der Waals surface area contributed by atoms with E-state index in [0.29, 0.717) is 0 Å². The number of para-hydroxylation sites is 2. The highest BCUT2D eigenvalue weighted by molar-refractivity contribution is 6.12. The highest BCUT2D eigenvalue weighted by atomic mass is 16.3. The third kappa shape index (κ3) is 2.95. The van der Waals surface area contributed by atoms with E-state index >= 15 is 0 Å². The topological polar surface area (TPSA) is 31.0 Å². The number of benzene rings is 5. The Morgan fingerprint density at radius 3 is 2.32 bits per heavy atom. The Balaban J connectivity index is 1.29. The maximum absolute atomic E-state index is 6.35. The lowest BCUT2D eigenvalue weighted by Gasteiger charge is -2.23. The number of hydrogen-bond donors (Lipinski definition) is 0. The lowest BCUT2D eigenvalue weighted by molar-refractivity contribution is 0.664. The summed E-state index contributed by atoms with van der Waals surface area (Å²) >= 11 is 0. The Morgan fingerprint density at radius 2 is 1.41 bits per heavy atom. The fraction of sp³-hybridized carbons (Fsp3) is 0.0789. The van der Waals surface area contributed by atoms with Crippen molar-refractivity contribution in [2.24, 2.45) is 0 Å². The van der Waals surface area contributed by atoms with Gasteiger partial charge in [0.25, 0.3) is 0 Å². The summed E-state index contributed by atoms with van der Waals surface area (Å²) in [4.78, 5) is 4.86. The fourth-order valence-corrected chi connectivity index (χ4v) is 7.21. The van der Waals surface area contributed by atoms with E-state index in [0.717, 1.165) is 49.8 Å². The fourth-order valence-electron chi connectivity index (χ4n) is 7.21. The molecule has 0 radical (unpaired) electrons. The number of pyridine rings is 1. The van der Waals surface area contributed by atoms with Gasteiger partial charge in [0.2, 0.25) is 0 Å². The highest BCUT2D eigenvalue weighted by Crippen LogP contribution is 2.52. The molecule has 0 bridgehead atoms. The molecule has 1 aliphatic rings. The molecule has 3 aromatic heterocycles. The lowest BCUT2D eigenvalue weighted by Crippen LogP contribution is -2.16. The molecule has 41 heavy (non-hydrogen) atoms. The molecule has 5 aromatic carbocycles. The summed E-state index contributed by atoms with van der Waals surface area (Å²) in [6, 6.07) is 41.2. The Kier molecular flexibility index (Phi) is 4.39. The number of rotatable bonds is 2. The third-order valence-corrected chi connectivity index (χ3v) is 9.04. The van der Waals surface area contributed by atoms with Gasteiger partial charge in [-0.2, -0.15) is 0 Å². The van der Waals surface area contributed by atoms with Gasteiger partial charge < -0.3 is 8.98 Å². The van der Waals surface area contributed by atoms with E-state index < -0.39 is 0 Å². The predicted molar refractivity (Wildman–Crippen MR) is 169 cm³/mol. The van der Waals surface area contributed by atoms with Crippen molar-refractivity contribution in [1.82, 2.24) is 9.55 Å². The van der Waals surface area contributed by atoms with Gasteiger partial charge in [-0.3, -0.25) is 4.98 Å². The molecular weight excluding hydrogens is 500 g/mol. The zero-order valence-corrected chi connectivity index (χ0v) is 22.8. The van der Waals surface area contributed by atoms with Crippen LogP contribution in [0.5, 0.6) is 0 Å². The molecule has 0 spiro atoms. The summed E-state index contributed by atoms with van der Waals surface area (Å²) in [5.41, 5.74) is 13.9.